The molecule has 0 atom stereocenters. The maximum absolute atomic E-state index is 13.1. The van der Waals surface area contributed by atoms with Crippen LogP contribution in [0.15, 0.2) is 82.4 Å². The number of rotatable bonds is 9. The van der Waals surface area contributed by atoms with Gasteiger partial charge >= 0.3 is 5.97 Å². The van der Waals surface area contributed by atoms with Crippen molar-refractivity contribution in [2.75, 3.05) is 20.3 Å². The van der Waals surface area contributed by atoms with Gasteiger partial charge in [0, 0.05) is 10.9 Å². The smallest absolute Gasteiger partial charge is 0.344 e. The van der Waals surface area contributed by atoms with Crippen LogP contribution < -0.4 is 14.9 Å². The van der Waals surface area contributed by atoms with E-state index in [0.29, 0.717) is 38.3 Å². The number of amides is 1. The second-order valence-corrected chi connectivity index (χ2v) is 8.62. The molecule has 3 aromatic carbocycles. The predicted molar refractivity (Wildman–Crippen MR) is 145 cm³/mol. The van der Waals surface area contributed by atoms with Crippen LogP contribution in [0.4, 0.5) is 0 Å². The van der Waals surface area contributed by atoms with Crippen molar-refractivity contribution >= 4 is 44.9 Å². The summed E-state index contributed by atoms with van der Waals surface area (Å²) in [7, 11) is 1.49. The molecule has 0 saturated heterocycles. The monoisotopic (exact) mass is 561 g/mol. The summed E-state index contributed by atoms with van der Waals surface area (Å²) in [6.07, 6.45) is 1.49. The Balaban J connectivity index is 1.55. The van der Waals surface area contributed by atoms with E-state index in [1.807, 2.05) is 54.6 Å². The zero-order valence-electron chi connectivity index (χ0n) is 20.2. The molecule has 37 heavy (non-hydrogen) atoms. The van der Waals surface area contributed by atoms with Gasteiger partial charge in [-0.05, 0) is 52.7 Å². The number of carbonyl (C=O) groups is 2. The summed E-state index contributed by atoms with van der Waals surface area (Å²) in [6, 6.07) is 22.3. The van der Waals surface area contributed by atoms with E-state index in [9.17, 15) is 9.59 Å². The van der Waals surface area contributed by atoms with Crippen molar-refractivity contribution in [3.63, 3.8) is 0 Å². The van der Waals surface area contributed by atoms with E-state index >= 15 is 0 Å². The van der Waals surface area contributed by atoms with Gasteiger partial charge < -0.3 is 14.2 Å². The van der Waals surface area contributed by atoms with Crippen LogP contribution in [-0.4, -0.2) is 43.4 Å². The van der Waals surface area contributed by atoms with Gasteiger partial charge in [-0.3, -0.25) is 4.79 Å². The molecule has 0 aliphatic carbocycles. The number of ether oxygens (including phenoxy) is 3. The van der Waals surface area contributed by atoms with Gasteiger partial charge in [0.25, 0.3) is 5.91 Å². The summed E-state index contributed by atoms with van der Waals surface area (Å²) in [5.74, 6) is -0.108. The van der Waals surface area contributed by atoms with Crippen molar-refractivity contribution in [3.05, 3.63) is 88.4 Å². The summed E-state index contributed by atoms with van der Waals surface area (Å²) in [5, 5.41) is 4.86. The number of esters is 1. The first-order valence-corrected chi connectivity index (χ1v) is 12.2. The number of nitrogens with zero attached hydrogens (tertiary/aromatic N) is 2. The molecule has 1 aromatic heterocycles. The molecule has 0 bridgehead atoms. The molecule has 0 saturated carbocycles. The number of halogens is 1. The van der Waals surface area contributed by atoms with Gasteiger partial charge in [-0.25, -0.2) is 15.2 Å². The van der Waals surface area contributed by atoms with E-state index in [1.54, 1.807) is 25.1 Å². The number of fused-ring (bicyclic) bond motifs is 1. The first kappa shape index (κ1) is 25.8. The summed E-state index contributed by atoms with van der Waals surface area (Å²) < 4.78 is 16.4. The first-order chi connectivity index (χ1) is 18.0. The number of aromatic nitrogens is 1. The topological polar surface area (TPSA) is 99.1 Å². The molecule has 0 aliphatic rings. The molecule has 9 heteroatoms. The number of hydrogen-bond acceptors (Lipinski definition) is 7. The lowest BCUT2D eigenvalue weighted by molar-refractivity contribution is -0.145. The summed E-state index contributed by atoms with van der Waals surface area (Å²) >= 11 is 3.43. The molecule has 0 aliphatic heterocycles. The van der Waals surface area contributed by atoms with Crippen LogP contribution in [0, 0.1) is 0 Å². The molecule has 0 radical (unpaired) electrons. The van der Waals surface area contributed by atoms with Gasteiger partial charge in [0.1, 0.15) is 0 Å². The number of benzene rings is 3. The third-order valence-corrected chi connectivity index (χ3v) is 5.89. The Morgan fingerprint density at radius 2 is 1.81 bits per heavy atom. The Hall–Kier alpha value is -4.24. The number of carbonyl (C=O) groups excluding carboxylic acids is 2. The van der Waals surface area contributed by atoms with Crippen LogP contribution in [0.3, 0.4) is 0 Å². The number of hydrogen-bond donors (Lipinski definition) is 1. The zero-order valence-corrected chi connectivity index (χ0v) is 21.8. The number of hydrazone groups is 1. The molecule has 4 rings (SSSR count). The molecular weight excluding hydrogens is 538 g/mol. The number of para-hydroxylation sites is 1. The average molecular weight is 562 g/mol. The lowest BCUT2D eigenvalue weighted by Gasteiger charge is -2.13. The fraction of sp³-hybridized carbons (Fsp3) is 0.143. The second kappa shape index (κ2) is 12.1. The standard InChI is InChI=1S/C28H24BrN3O5/c1-3-36-26(33)17-37-27-22(29)13-18(14-25(27)35-2)16-30-32-28(34)21-15-24(19-9-5-4-6-10-19)31-23-12-8-7-11-20(21)23/h4-16H,3,17H2,1-2H3,(H,32,34)/b30-16+. The minimum Gasteiger partial charge on any atom is -0.493 e. The molecule has 1 amide bonds. The molecule has 8 nitrogen and oxygen atoms in total. The first-order valence-electron chi connectivity index (χ1n) is 11.4. The molecule has 4 aromatic rings. The van der Waals surface area contributed by atoms with Crippen LogP contribution in [0.25, 0.3) is 22.2 Å². The maximum Gasteiger partial charge on any atom is 0.344 e. The minimum atomic E-state index is -0.483. The fourth-order valence-electron chi connectivity index (χ4n) is 3.63. The van der Waals surface area contributed by atoms with Crippen LogP contribution in [0.2, 0.25) is 0 Å². The van der Waals surface area contributed by atoms with Gasteiger partial charge in [0.05, 0.1) is 41.2 Å². The van der Waals surface area contributed by atoms with E-state index in [2.05, 4.69) is 26.5 Å². The highest BCUT2D eigenvalue weighted by Crippen LogP contribution is 2.36. The zero-order chi connectivity index (χ0) is 26.2. The Bertz CT molecular complexity index is 1460. The minimum absolute atomic E-state index is 0.253. The van der Waals surface area contributed by atoms with E-state index in [4.69, 9.17) is 19.2 Å². The third-order valence-electron chi connectivity index (χ3n) is 5.30. The third kappa shape index (κ3) is 6.31. The lowest BCUT2D eigenvalue weighted by atomic mass is 10.0. The molecule has 0 fully saturated rings. The van der Waals surface area contributed by atoms with Crippen molar-refractivity contribution in [1.82, 2.24) is 10.4 Å². The maximum atomic E-state index is 13.1. The lowest BCUT2D eigenvalue weighted by Crippen LogP contribution is -2.18. The van der Waals surface area contributed by atoms with Crippen molar-refractivity contribution < 1.29 is 23.8 Å². The highest BCUT2D eigenvalue weighted by molar-refractivity contribution is 9.10. The highest BCUT2D eigenvalue weighted by Gasteiger charge is 2.15. The van der Waals surface area contributed by atoms with Crippen LogP contribution in [0.5, 0.6) is 11.5 Å². The van der Waals surface area contributed by atoms with Crippen molar-refractivity contribution in [3.8, 4) is 22.8 Å². The van der Waals surface area contributed by atoms with Gasteiger partial charge in [-0.1, -0.05) is 48.5 Å². The summed E-state index contributed by atoms with van der Waals surface area (Å²) in [5.41, 5.74) is 6.01. The molecule has 188 valence electrons. The van der Waals surface area contributed by atoms with Gasteiger partial charge in [0.2, 0.25) is 0 Å². The van der Waals surface area contributed by atoms with Crippen LogP contribution in [-0.2, 0) is 9.53 Å². The quantitative estimate of drug-likeness (QED) is 0.167. The molecule has 1 heterocycles. The summed E-state index contributed by atoms with van der Waals surface area (Å²) in [4.78, 5) is 29.5. The molecule has 0 spiro atoms. The SMILES string of the molecule is CCOC(=O)COc1c(Br)cc(/C=N/NC(=O)c2cc(-c3ccccc3)nc3ccccc23)cc1OC. The summed E-state index contributed by atoms with van der Waals surface area (Å²) in [6.45, 7) is 1.74. The van der Waals surface area contributed by atoms with Gasteiger partial charge in [-0.15, -0.1) is 0 Å². The van der Waals surface area contributed by atoms with E-state index in [-0.39, 0.29) is 19.1 Å². The van der Waals surface area contributed by atoms with Crippen LogP contribution >= 0.6 is 15.9 Å². The van der Waals surface area contributed by atoms with Gasteiger partial charge in [-0.2, -0.15) is 5.10 Å². The average Bonchev–Trinajstić information content (AvgIpc) is 2.92. The van der Waals surface area contributed by atoms with E-state index < -0.39 is 5.97 Å². The molecule has 0 unspecified atom stereocenters. The number of methoxy groups -OCH3 is 1. The second-order valence-electron chi connectivity index (χ2n) is 7.77. The Morgan fingerprint density at radius 3 is 2.57 bits per heavy atom. The van der Waals surface area contributed by atoms with Gasteiger partial charge in [0.15, 0.2) is 18.1 Å². The fourth-order valence-corrected chi connectivity index (χ4v) is 4.21. The van der Waals surface area contributed by atoms with Crippen molar-refractivity contribution in [2.24, 2.45) is 5.10 Å². The Kier molecular flexibility index (Phi) is 8.48. The normalized spacial score (nSPS) is 10.9. The van der Waals surface area contributed by atoms with Crippen molar-refractivity contribution in [2.45, 2.75) is 6.92 Å². The Labute approximate surface area is 222 Å². The largest absolute Gasteiger partial charge is 0.493 e. The highest BCUT2D eigenvalue weighted by atomic mass is 79.9. The van der Waals surface area contributed by atoms with E-state index in [1.165, 1.54) is 13.3 Å². The van der Waals surface area contributed by atoms with Crippen molar-refractivity contribution in [1.29, 1.82) is 0 Å². The Morgan fingerprint density at radius 1 is 1.05 bits per heavy atom. The molecule has 1 N–H and O–H groups in total. The number of pyridine rings is 1. The van der Waals surface area contributed by atoms with E-state index in [0.717, 1.165) is 10.9 Å². The number of nitrogens with one attached hydrogen (secondary N) is 1. The predicted octanol–water partition coefficient (Wildman–Crippen LogP) is 5.38. The molecular formula is C28H24BrN3O5. The van der Waals surface area contributed by atoms with Crippen LogP contribution in [0.1, 0.15) is 22.8 Å².